The molecule has 1 atom stereocenters. The second-order valence-electron chi connectivity index (χ2n) is 6.22. The Bertz CT molecular complexity index is 516. The highest BCUT2D eigenvalue weighted by Crippen LogP contribution is 2.26. The van der Waals surface area contributed by atoms with E-state index in [1.807, 2.05) is 6.92 Å². The van der Waals surface area contributed by atoms with Crippen LogP contribution in [0.2, 0.25) is 0 Å². The summed E-state index contributed by atoms with van der Waals surface area (Å²) in [4.78, 5) is 0. The summed E-state index contributed by atoms with van der Waals surface area (Å²) in [5.41, 5.74) is 1.23. The molecule has 0 saturated carbocycles. The van der Waals surface area contributed by atoms with Crippen LogP contribution in [0.5, 0.6) is 0 Å². The molecule has 0 nitrogen and oxygen atoms in total. The summed E-state index contributed by atoms with van der Waals surface area (Å²) >= 11 is 0. The zero-order valence-corrected chi connectivity index (χ0v) is 14.3. The molecule has 0 fully saturated rings. The summed E-state index contributed by atoms with van der Waals surface area (Å²) in [5.74, 6) is -0.258. The minimum absolute atomic E-state index is 0.0635. The lowest BCUT2D eigenvalue weighted by Crippen LogP contribution is -2.00. The summed E-state index contributed by atoms with van der Waals surface area (Å²) in [6.45, 7) is 22.5. The highest BCUT2D eigenvalue weighted by Gasteiger charge is 2.10. The Kier molecular flexibility index (Phi) is 8.62. The Balaban J connectivity index is 4.87. The van der Waals surface area contributed by atoms with Gasteiger partial charge in [-0.2, -0.15) is 0 Å². The summed E-state index contributed by atoms with van der Waals surface area (Å²) in [7, 11) is 0. The van der Waals surface area contributed by atoms with E-state index in [1.165, 1.54) is 13.0 Å². The topological polar surface area (TPSA) is 0 Å². The van der Waals surface area contributed by atoms with Gasteiger partial charge in [0.2, 0.25) is 0 Å². The van der Waals surface area contributed by atoms with E-state index >= 15 is 0 Å². The summed E-state index contributed by atoms with van der Waals surface area (Å²) in [6, 6.07) is 0. The van der Waals surface area contributed by atoms with Gasteiger partial charge in [-0.3, -0.25) is 0 Å². The molecular weight excluding hydrogens is 278 g/mol. The maximum absolute atomic E-state index is 14.2. The lowest BCUT2D eigenvalue weighted by atomic mass is 9.92. The molecule has 0 aromatic carbocycles. The van der Waals surface area contributed by atoms with Crippen molar-refractivity contribution >= 4 is 0 Å². The zero-order valence-electron chi connectivity index (χ0n) is 14.3. The third-order valence-electron chi connectivity index (χ3n) is 3.51. The molecular formula is C20H28F2. The van der Waals surface area contributed by atoms with Crippen molar-refractivity contribution < 1.29 is 8.78 Å². The maximum Gasteiger partial charge on any atom is 0.130 e. The van der Waals surface area contributed by atoms with Crippen LogP contribution < -0.4 is 0 Å². The number of hydrogen-bond donors (Lipinski definition) is 0. The number of halogens is 2. The van der Waals surface area contributed by atoms with Gasteiger partial charge in [-0.25, -0.2) is 8.78 Å². The maximum atomic E-state index is 14.2. The van der Waals surface area contributed by atoms with Gasteiger partial charge in [0.1, 0.15) is 11.7 Å². The second kappa shape index (κ2) is 9.34. The number of allylic oxidation sites excluding steroid dienone is 8. The van der Waals surface area contributed by atoms with Crippen molar-refractivity contribution in [3.05, 3.63) is 72.4 Å². The Morgan fingerprint density at radius 1 is 0.909 bits per heavy atom. The number of rotatable bonds is 9. The fraction of sp³-hybridized carbons (Fsp3) is 0.400. The summed E-state index contributed by atoms with van der Waals surface area (Å²) in [5, 5.41) is 0. The average molecular weight is 306 g/mol. The fourth-order valence-electron chi connectivity index (χ4n) is 1.68. The van der Waals surface area contributed by atoms with Crippen molar-refractivity contribution in [2.45, 2.75) is 40.5 Å². The van der Waals surface area contributed by atoms with E-state index in [0.29, 0.717) is 11.5 Å². The lowest BCUT2D eigenvalue weighted by Gasteiger charge is -2.14. The Hall–Kier alpha value is -1.70. The van der Waals surface area contributed by atoms with Gasteiger partial charge in [0, 0.05) is 5.57 Å². The van der Waals surface area contributed by atoms with Crippen molar-refractivity contribution in [2.24, 2.45) is 11.8 Å². The van der Waals surface area contributed by atoms with Gasteiger partial charge in [-0.05, 0) is 54.1 Å². The van der Waals surface area contributed by atoms with Crippen LogP contribution in [0.15, 0.2) is 72.4 Å². The van der Waals surface area contributed by atoms with Gasteiger partial charge < -0.3 is 0 Å². The molecule has 0 N–H and O–H groups in total. The predicted octanol–water partition coefficient (Wildman–Crippen LogP) is 7.01. The molecule has 0 spiro atoms. The highest BCUT2D eigenvalue weighted by molar-refractivity contribution is 5.49. The molecule has 0 heterocycles. The van der Waals surface area contributed by atoms with E-state index in [0.717, 1.165) is 18.9 Å². The largest absolute Gasteiger partial charge is 0.207 e. The Morgan fingerprint density at radius 3 is 1.91 bits per heavy atom. The minimum Gasteiger partial charge on any atom is -0.207 e. The molecule has 0 amide bonds. The molecule has 0 saturated heterocycles. The molecule has 1 unspecified atom stereocenters. The van der Waals surface area contributed by atoms with Crippen LogP contribution in [-0.4, -0.2) is 0 Å². The van der Waals surface area contributed by atoms with E-state index in [4.69, 9.17) is 0 Å². The third kappa shape index (κ3) is 7.35. The van der Waals surface area contributed by atoms with Crippen LogP contribution in [0.25, 0.3) is 0 Å². The smallest absolute Gasteiger partial charge is 0.130 e. The van der Waals surface area contributed by atoms with E-state index in [1.54, 1.807) is 0 Å². The zero-order chi connectivity index (χ0) is 17.4. The third-order valence-corrected chi connectivity index (χ3v) is 3.51. The van der Waals surface area contributed by atoms with Crippen LogP contribution in [0.1, 0.15) is 40.5 Å². The predicted molar refractivity (Wildman–Crippen MR) is 93.9 cm³/mol. The first-order chi connectivity index (χ1) is 10.1. The molecule has 0 aromatic heterocycles. The Morgan fingerprint density at radius 2 is 1.45 bits per heavy atom. The number of hydrogen-bond acceptors (Lipinski definition) is 0. The van der Waals surface area contributed by atoms with Crippen LogP contribution in [0, 0.1) is 11.8 Å². The molecule has 0 aromatic rings. The summed E-state index contributed by atoms with van der Waals surface area (Å²) in [6.07, 6.45) is 4.53. The first-order valence-electron chi connectivity index (χ1n) is 7.53. The van der Waals surface area contributed by atoms with Crippen molar-refractivity contribution in [3.8, 4) is 0 Å². The molecule has 2 heteroatoms. The van der Waals surface area contributed by atoms with Crippen molar-refractivity contribution in [3.63, 3.8) is 0 Å². The van der Waals surface area contributed by atoms with Crippen LogP contribution in [0.3, 0.4) is 0 Å². The van der Waals surface area contributed by atoms with E-state index < -0.39 is 11.7 Å². The molecule has 0 aliphatic heterocycles. The van der Waals surface area contributed by atoms with E-state index in [9.17, 15) is 8.78 Å². The molecule has 0 aliphatic carbocycles. The van der Waals surface area contributed by atoms with E-state index in [2.05, 4.69) is 40.2 Å². The first-order valence-corrected chi connectivity index (χ1v) is 7.53. The normalized spacial score (nSPS) is 14.0. The fourth-order valence-corrected chi connectivity index (χ4v) is 1.68. The van der Waals surface area contributed by atoms with Gasteiger partial charge in [-0.15, -0.1) is 0 Å². The second-order valence-corrected chi connectivity index (χ2v) is 6.22. The Labute approximate surface area is 134 Å². The quantitative estimate of drug-likeness (QED) is 0.402. The first kappa shape index (κ1) is 20.3. The van der Waals surface area contributed by atoms with Gasteiger partial charge in [0.15, 0.2) is 0 Å². The van der Waals surface area contributed by atoms with Gasteiger partial charge >= 0.3 is 0 Å². The monoisotopic (exact) mass is 306 g/mol. The molecule has 0 aliphatic rings. The minimum atomic E-state index is -0.530. The molecule has 22 heavy (non-hydrogen) atoms. The molecule has 0 rings (SSSR count). The SMILES string of the molecule is C=C(/C=C(/F)C(=C)C)C(=C)/C(F)=C\C(=C)C(C)CCC(C)C. The highest BCUT2D eigenvalue weighted by atomic mass is 19.1. The van der Waals surface area contributed by atoms with Crippen LogP contribution in [-0.2, 0) is 0 Å². The van der Waals surface area contributed by atoms with Crippen molar-refractivity contribution in [1.82, 2.24) is 0 Å². The van der Waals surface area contributed by atoms with Crippen molar-refractivity contribution in [1.29, 1.82) is 0 Å². The lowest BCUT2D eigenvalue weighted by molar-refractivity contribution is 0.493. The van der Waals surface area contributed by atoms with Crippen LogP contribution >= 0.6 is 0 Å². The molecule has 0 bridgehead atoms. The van der Waals surface area contributed by atoms with Gasteiger partial charge in [0.25, 0.3) is 0 Å². The van der Waals surface area contributed by atoms with E-state index in [-0.39, 0.29) is 22.6 Å². The van der Waals surface area contributed by atoms with Gasteiger partial charge in [-0.1, -0.05) is 53.5 Å². The average Bonchev–Trinajstić information content (AvgIpc) is 2.42. The van der Waals surface area contributed by atoms with Crippen LogP contribution in [0.4, 0.5) is 8.78 Å². The van der Waals surface area contributed by atoms with Gasteiger partial charge in [0.05, 0.1) is 0 Å². The standard InChI is InChI=1S/C20H28F2/c1-13(2)9-10-15(5)16(6)11-20(22)18(8)17(7)12-19(21)14(3)4/h11-13,15H,3,6-10H2,1-2,4-5H3/b19-12+,20-11+. The molecule has 0 radical (unpaired) electrons. The van der Waals surface area contributed by atoms with Crippen molar-refractivity contribution in [2.75, 3.05) is 0 Å². The molecule has 122 valence electrons. The summed E-state index contributed by atoms with van der Waals surface area (Å²) < 4.78 is 27.6.